The Hall–Kier alpha value is -0.600. The summed E-state index contributed by atoms with van der Waals surface area (Å²) < 4.78 is 0. The van der Waals surface area contributed by atoms with E-state index in [0.29, 0.717) is 11.1 Å². The second-order valence-electron chi connectivity index (χ2n) is 4.42. The molecule has 0 unspecified atom stereocenters. The number of rotatable bonds is 2. The molecule has 0 N–H and O–H groups in total. The number of halogens is 2. The predicted octanol–water partition coefficient (Wildman–Crippen LogP) is 3.44. The van der Waals surface area contributed by atoms with Crippen molar-refractivity contribution >= 4 is 34.8 Å². The van der Waals surface area contributed by atoms with E-state index in [1.165, 1.54) is 0 Å². The van der Waals surface area contributed by atoms with E-state index in [9.17, 15) is 9.59 Å². The van der Waals surface area contributed by atoms with Crippen molar-refractivity contribution in [3.05, 3.63) is 21.2 Å². The lowest BCUT2D eigenvalue weighted by Gasteiger charge is -2.21. The molecule has 0 heterocycles. The molecule has 0 aliphatic heterocycles. The van der Waals surface area contributed by atoms with Gasteiger partial charge in [-0.15, -0.1) is 0 Å². The van der Waals surface area contributed by atoms with Crippen LogP contribution in [0.1, 0.15) is 27.7 Å². The van der Waals surface area contributed by atoms with Gasteiger partial charge in [-0.2, -0.15) is 0 Å². The molecule has 0 amide bonds. The second kappa shape index (κ2) is 4.72. The molecule has 0 aromatic carbocycles. The molecular weight excluding hydrogens is 247 g/mol. The van der Waals surface area contributed by atoms with Crippen LogP contribution in [-0.4, -0.2) is 11.6 Å². The highest BCUT2D eigenvalue weighted by molar-refractivity contribution is 6.58. The van der Waals surface area contributed by atoms with Gasteiger partial charge in [-0.05, 0) is 11.8 Å². The molecule has 0 saturated carbocycles. The van der Waals surface area contributed by atoms with Crippen LogP contribution < -0.4 is 0 Å². The summed E-state index contributed by atoms with van der Waals surface area (Å²) in [4.78, 5) is 23.7. The molecule has 0 aromatic rings. The van der Waals surface area contributed by atoms with E-state index in [1.54, 1.807) is 0 Å². The number of hydrogen-bond acceptors (Lipinski definition) is 2. The Morgan fingerprint density at radius 2 is 1.00 bits per heavy atom. The maximum absolute atomic E-state index is 11.9. The van der Waals surface area contributed by atoms with Crippen molar-refractivity contribution in [1.29, 1.82) is 0 Å². The van der Waals surface area contributed by atoms with Crippen LogP contribution in [0.2, 0.25) is 0 Å². The van der Waals surface area contributed by atoms with Crippen molar-refractivity contribution in [3.8, 4) is 0 Å². The van der Waals surface area contributed by atoms with Gasteiger partial charge in [0.1, 0.15) is 0 Å². The fourth-order valence-electron chi connectivity index (χ4n) is 1.71. The first kappa shape index (κ1) is 13.5. The van der Waals surface area contributed by atoms with Gasteiger partial charge in [-0.3, -0.25) is 9.59 Å². The van der Waals surface area contributed by atoms with Crippen LogP contribution >= 0.6 is 23.2 Å². The molecular formula is C12H14Cl2O2. The first-order valence-corrected chi connectivity index (χ1v) is 5.93. The third-order valence-corrected chi connectivity index (χ3v) is 3.40. The monoisotopic (exact) mass is 260 g/mol. The van der Waals surface area contributed by atoms with Gasteiger partial charge < -0.3 is 0 Å². The Balaban J connectivity index is 3.46. The third-order valence-electron chi connectivity index (χ3n) is 2.52. The molecule has 16 heavy (non-hydrogen) atoms. The first-order valence-electron chi connectivity index (χ1n) is 5.17. The average Bonchev–Trinajstić information content (AvgIpc) is 2.14. The Labute approximate surface area is 105 Å². The lowest BCUT2D eigenvalue weighted by atomic mass is 9.84. The van der Waals surface area contributed by atoms with Crippen molar-refractivity contribution in [2.24, 2.45) is 11.8 Å². The second-order valence-corrected chi connectivity index (χ2v) is 5.18. The van der Waals surface area contributed by atoms with E-state index >= 15 is 0 Å². The van der Waals surface area contributed by atoms with Gasteiger partial charge in [0.2, 0.25) is 11.6 Å². The van der Waals surface area contributed by atoms with Gasteiger partial charge in [-0.25, -0.2) is 0 Å². The number of Topliss-reactive ketones (excluding diaryl/α,β-unsaturated/α-hetero) is 2. The molecule has 1 rings (SSSR count). The zero-order valence-corrected chi connectivity index (χ0v) is 11.2. The van der Waals surface area contributed by atoms with Gasteiger partial charge in [0, 0.05) is 11.1 Å². The zero-order chi connectivity index (χ0) is 12.6. The summed E-state index contributed by atoms with van der Waals surface area (Å²) in [5.74, 6) is -1.25. The summed E-state index contributed by atoms with van der Waals surface area (Å²) in [7, 11) is 0. The maximum atomic E-state index is 11.9. The predicted molar refractivity (Wildman–Crippen MR) is 65.4 cm³/mol. The lowest BCUT2D eigenvalue weighted by Crippen LogP contribution is -2.28. The van der Waals surface area contributed by atoms with Crippen molar-refractivity contribution < 1.29 is 9.59 Å². The Morgan fingerprint density at radius 3 is 1.19 bits per heavy atom. The summed E-state index contributed by atoms with van der Waals surface area (Å²) in [5.41, 5.74) is 0.641. The molecule has 88 valence electrons. The van der Waals surface area contributed by atoms with Gasteiger partial charge in [-0.1, -0.05) is 50.9 Å². The van der Waals surface area contributed by atoms with E-state index in [0.717, 1.165) is 0 Å². The Morgan fingerprint density at radius 1 is 0.750 bits per heavy atom. The van der Waals surface area contributed by atoms with Crippen molar-refractivity contribution in [2.45, 2.75) is 27.7 Å². The van der Waals surface area contributed by atoms with Gasteiger partial charge in [0.25, 0.3) is 0 Å². The minimum absolute atomic E-state index is 0.105. The summed E-state index contributed by atoms with van der Waals surface area (Å²) in [6.45, 7) is 7.25. The summed E-state index contributed by atoms with van der Waals surface area (Å²) in [6, 6.07) is 0. The lowest BCUT2D eigenvalue weighted by molar-refractivity contribution is -0.132. The van der Waals surface area contributed by atoms with Crippen molar-refractivity contribution in [2.75, 3.05) is 0 Å². The standard InChI is InChI=1S/C12H14Cl2O2/c1-5(2)7-9(13)10(14)8(6(3)4)12(16)11(7)15/h5-6H,1-4H3. The Bertz CT molecular complexity index is 375. The number of carbonyl (C=O) groups is 2. The first-order chi connectivity index (χ1) is 7.29. The fraction of sp³-hybridized carbons (Fsp3) is 0.500. The van der Waals surface area contributed by atoms with Gasteiger partial charge in [0.15, 0.2) is 0 Å². The van der Waals surface area contributed by atoms with Crippen LogP contribution in [-0.2, 0) is 9.59 Å². The summed E-state index contributed by atoms with van der Waals surface area (Å²) >= 11 is 12.1. The van der Waals surface area contributed by atoms with Gasteiger partial charge >= 0.3 is 0 Å². The van der Waals surface area contributed by atoms with E-state index < -0.39 is 11.6 Å². The van der Waals surface area contributed by atoms with Crippen LogP contribution in [0.4, 0.5) is 0 Å². The van der Waals surface area contributed by atoms with Crippen LogP contribution in [0, 0.1) is 11.8 Å². The number of ketones is 2. The minimum atomic E-state index is -0.520. The number of hydrogen-bond donors (Lipinski definition) is 0. The van der Waals surface area contributed by atoms with Crippen molar-refractivity contribution in [1.82, 2.24) is 0 Å². The third kappa shape index (κ3) is 2.09. The van der Waals surface area contributed by atoms with E-state index in [2.05, 4.69) is 0 Å². The van der Waals surface area contributed by atoms with Crippen LogP contribution in [0.3, 0.4) is 0 Å². The van der Waals surface area contributed by atoms with Gasteiger partial charge in [0.05, 0.1) is 10.1 Å². The molecule has 1 aliphatic carbocycles. The normalized spacial score (nSPS) is 18.2. The summed E-state index contributed by atoms with van der Waals surface area (Å²) in [6.07, 6.45) is 0. The molecule has 1 aliphatic rings. The average molecular weight is 261 g/mol. The summed E-state index contributed by atoms with van der Waals surface area (Å²) in [5, 5.41) is 0.454. The molecule has 0 aromatic heterocycles. The minimum Gasteiger partial charge on any atom is -0.285 e. The van der Waals surface area contributed by atoms with Crippen LogP contribution in [0.15, 0.2) is 21.2 Å². The molecule has 0 atom stereocenters. The van der Waals surface area contributed by atoms with E-state index in [1.807, 2.05) is 27.7 Å². The molecule has 0 saturated heterocycles. The highest BCUT2D eigenvalue weighted by atomic mass is 35.5. The maximum Gasteiger partial charge on any atom is 0.231 e. The van der Waals surface area contributed by atoms with Crippen LogP contribution in [0.25, 0.3) is 0 Å². The highest BCUT2D eigenvalue weighted by Gasteiger charge is 2.35. The zero-order valence-electron chi connectivity index (χ0n) is 9.73. The number of carbonyl (C=O) groups excluding carboxylic acids is 2. The molecule has 4 heteroatoms. The topological polar surface area (TPSA) is 34.1 Å². The smallest absolute Gasteiger partial charge is 0.231 e. The largest absolute Gasteiger partial charge is 0.285 e. The molecule has 0 radical (unpaired) electrons. The Kier molecular flexibility index (Phi) is 3.97. The van der Waals surface area contributed by atoms with Crippen molar-refractivity contribution in [3.63, 3.8) is 0 Å². The van der Waals surface area contributed by atoms with E-state index in [4.69, 9.17) is 23.2 Å². The number of allylic oxidation sites excluding steroid dienone is 4. The quantitative estimate of drug-likeness (QED) is 0.563. The SMILES string of the molecule is CC(C)C1=C(Cl)C(Cl)=C(C(C)C)C(=O)C1=O. The van der Waals surface area contributed by atoms with Crippen LogP contribution in [0.5, 0.6) is 0 Å². The molecule has 2 nitrogen and oxygen atoms in total. The fourth-order valence-corrected chi connectivity index (χ4v) is 2.52. The van der Waals surface area contributed by atoms with E-state index in [-0.39, 0.29) is 21.9 Å². The highest BCUT2D eigenvalue weighted by Crippen LogP contribution is 2.37. The molecule has 0 fully saturated rings. The molecule has 0 bridgehead atoms. The molecule has 0 spiro atoms.